The summed E-state index contributed by atoms with van der Waals surface area (Å²) < 4.78 is 45.4. The van der Waals surface area contributed by atoms with Gasteiger partial charge >= 0.3 is 0 Å². The standard InChI is InChI=1S/C30H37FN2O5S/c1-8-39(36,37)17-20-9-11-22(29(35)21-10-12-26(31)27(14-21)38-7)24(13-20)25-16-33(6)28(34)15-23(25)19(2)32-18-30(3,4)5/h9-16,19,32H,8,17-18H2,1-7H3/t19-/m0/s1. The van der Waals surface area contributed by atoms with Gasteiger partial charge in [0.2, 0.25) is 0 Å². The normalized spacial score (nSPS) is 12.8. The van der Waals surface area contributed by atoms with E-state index in [0.717, 1.165) is 0 Å². The summed E-state index contributed by atoms with van der Waals surface area (Å²) in [6, 6.07) is 10.1. The highest BCUT2D eigenvalue weighted by Gasteiger charge is 2.23. The fourth-order valence-electron chi connectivity index (χ4n) is 4.21. The number of methoxy groups -OCH3 is 1. The number of nitrogens with one attached hydrogen (secondary N) is 1. The molecule has 0 saturated carbocycles. The lowest BCUT2D eigenvalue weighted by atomic mass is 9.89. The number of carbonyl (C=O) groups is 1. The highest BCUT2D eigenvalue weighted by Crippen LogP contribution is 2.33. The monoisotopic (exact) mass is 556 g/mol. The van der Waals surface area contributed by atoms with Crippen LogP contribution in [0.2, 0.25) is 0 Å². The molecule has 7 nitrogen and oxygen atoms in total. The quantitative estimate of drug-likeness (QED) is 0.351. The minimum Gasteiger partial charge on any atom is -0.494 e. The summed E-state index contributed by atoms with van der Waals surface area (Å²) in [5, 5.41) is 3.47. The first-order chi connectivity index (χ1) is 18.2. The molecule has 0 aliphatic heterocycles. The second kappa shape index (κ2) is 11.8. The number of aromatic nitrogens is 1. The van der Waals surface area contributed by atoms with E-state index in [0.29, 0.717) is 34.4 Å². The lowest BCUT2D eigenvalue weighted by Gasteiger charge is -2.25. The van der Waals surface area contributed by atoms with Gasteiger partial charge in [-0.25, -0.2) is 12.8 Å². The van der Waals surface area contributed by atoms with Crippen molar-refractivity contribution in [3.8, 4) is 16.9 Å². The van der Waals surface area contributed by atoms with E-state index in [1.165, 1.54) is 29.9 Å². The van der Waals surface area contributed by atoms with E-state index < -0.39 is 15.7 Å². The molecule has 0 saturated heterocycles. The number of pyridine rings is 1. The number of sulfone groups is 1. The Morgan fingerprint density at radius 2 is 1.79 bits per heavy atom. The van der Waals surface area contributed by atoms with E-state index in [1.807, 2.05) is 6.92 Å². The Labute approximate surface area is 229 Å². The number of benzene rings is 2. The van der Waals surface area contributed by atoms with Crippen LogP contribution in [-0.2, 0) is 22.6 Å². The Morgan fingerprint density at radius 1 is 1.10 bits per heavy atom. The molecule has 1 heterocycles. The molecule has 1 N–H and O–H groups in total. The number of hydrogen-bond donors (Lipinski definition) is 1. The van der Waals surface area contributed by atoms with Gasteiger partial charge in [0.25, 0.3) is 5.56 Å². The van der Waals surface area contributed by atoms with Crippen molar-refractivity contribution in [2.45, 2.75) is 46.4 Å². The zero-order valence-corrected chi connectivity index (χ0v) is 24.4. The topological polar surface area (TPSA) is 94.5 Å². The summed E-state index contributed by atoms with van der Waals surface area (Å²) in [5.41, 5.74) is 2.61. The molecule has 0 radical (unpaired) electrons. The van der Waals surface area contributed by atoms with Crippen LogP contribution < -0.4 is 15.6 Å². The predicted octanol–water partition coefficient (Wildman–Crippen LogP) is 5.06. The van der Waals surface area contributed by atoms with Crippen LogP contribution in [0.15, 0.2) is 53.5 Å². The lowest BCUT2D eigenvalue weighted by molar-refractivity contribution is 0.103. The zero-order valence-electron chi connectivity index (χ0n) is 23.6. The number of ketones is 1. The molecule has 0 unspecified atom stereocenters. The highest BCUT2D eigenvalue weighted by molar-refractivity contribution is 7.90. The molecule has 9 heteroatoms. The van der Waals surface area contributed by atoms with Gasteiger partial charge in [0.05, 0.1) is 12.9 Å². The Hall–Kier alpha value is -3.30. The van der Waals surface area contributed by atoms with Crippen molar-refractivity contribution >= 4 is 15.6 Å². The minimum atomic E-state index is -3.35. The lowest BCUT2D eigenvalue weighted by Crippen LogP contribution is -2.30. The largest absolute Gasteiger partial charge is 0.494 e. The summed E-state index contributed by atoms with van der Waals surface area (Å²) in [6.07, 6.45) is 1.67. The van der Waals surface area contributed by atoms with Gasteiger partial charge in [0.15, 0.2) is 27.2 Å². The molecule has 0 amide bonds. The van der Waals surface area contributed by atoms with Crippen LogP contribution in [0, 0.1) is 11.2 Å². The van der Waals surface area contributed by atoms with Gasteiger partial charge in [-0.3, -0.25) is 9.59 Å². The third-order valence-electron chi connectivity index (χ3n) is 6.52. The van der Waals surface area contributed by atoms with E-state index in [9.17, 15) is 22.4 Å². The molecule has 3 rings (SSSR count). The first kappa shape index (κ1) is 30.2. The van der Waals surface area contributed by atoms with Gasteiger partial charge in [0.1, 0.15) is 0 Å². The smallest absolute Gasteiger partial charge is 0.250 e. The van der Waals surface area contributed by atoms with Gasteiger partial charge in [0, 0.05) is 54.3 Å². The molecule has 2 aromatic carbocycles. The summed E-state index contributed by atoms with van der Waals surface area (Å²) in [5.74, 6) is -1.24. The molecule has 0 spiro atoms. The number of nitrogens with zero attached hydrogens (tertiary/aromatic N) is 1. The van der Waals surface area contributed by atoms with Crippen LogP contribution in [-0.4, -0.2) is 38.2 Å². The number of carbonyl (C=O) groups excluding carboxylic acids is 1. The van der Waals surface area contributed by atoms with Crippen LogP contribution >= 0.6 is 0 Å². The molecule has 3 aromatic rings. The SMILES string of the molecule is CCS(=O)(=O)Cc1ccc(C(=O)c2ccc(F)c(OC)c2)c(-c2cn(C)c(=O)cc2[C@H](C)NCC(C)(C)C)c1. The average molecular weight is 557 g/mol. The van der Waals surface area contributed by atoms with Crippen molar-refractivity contribution in [3.05, 3.63) is 87.1 Å². The molecular formula is C30H37FN2O5S. The van der Waals surface area contributed by atoms with Crippen LogP contribution in [0.1, 0.15) is 67.7 Å². The molecule has 0 bridgehead atoms. The van der Waals surface area contributed by atoms with Crippen LogP contribution in [0.3, 0.4) is 0 Å². The number of ether oxygens (including phenoxy) is 1. The molecule has 0 aliphatic rings. The average Bonchev–Trinajstić information content (AvgIpc) is 2.87. The molecule has 0 fully saturated rings. The second-order valence-electron chi connectivity index (χ2n) is 11.0. The maximum atomic E-state index is 14.1. The van der Waals surface area contributed by atoms with Crippen molar-refractivity contribution in [2.75, 3.05) is 19.4 Å². The summed E-state index contributed by atoms with van der Waals surface area (Å²) in [7, 11) is -0.399. The third-order valence-corrected chi connectivity index (χ3v) is 8.18. The molecule has 0 aliphatic carbocycles. The maximum absolute atomic E-state index is 14.1. The van der Waals surface area contributed by atoms with Crippen molar-refractivity contribution in [1.29, 1.82) is 0 Å². The van der Waals surface area contributed by atoms with Crippen LogP contribution in [0.25, 0.3) is 11.1 Å². The van der Waals surface area contributed by atoms with E-state index in [4.69, 9.17) is 4.74 Å². The van der Waals surface area contributed by atoms with Crippen LogP contribution in [0.4, 0.5) is 4.39 Å². The van der Waals surface area contributed by atoms with Crippen molar-refractivity contribution in [3.63, 3.8) is 0 Å². The van der Waals surface area contributed by atoms with E-state index in [2.05, 4.69) is 26.1 Å². The van der Waals surface area contributed by atoms with Gasteiger partial charge in [-0.2, -0.15) is 0 Å². The Morgan fingerprint density at radius 3 is 2.41 bits per heavy atom. The fraction of sp³-hybridized carbons (Fsp3) is 0.400. The first-order valence-corrected chi connectivity index (χ1v) is 14.6. The molecule has 1 aromatic heterocycles. The van der Waals surface area contributed by atoms with Gasteiger partial charge in [-0.15, -0.1) is 0 Å². The van der Waals surface area contributed by atoms with Crippen LogP contribution in [0.5, 0.6) is 5.75 Å². The minimum absolute atomic E-state index is 0.00857. The molecule has 210 valence electrons. The van der Waals surface area contributed by atoms with E-state index in [-0.39, 0.29) is 45.6 Å². The molecule has 1 atom stereocenters. The Bertz CT molecular complexity index is 1540. The number of aryl methyl sites for hydroxylation is 1. The second-order valence-corrected chi connectivity index (χ2v) is 13.3. The number of rotatable bonds is 10. The summed E-state index contributed by atoms with van der Waals surface area (Å²) in [6.45, 7) is 10.5. The Balaban J connectivity index is 2.27. The fourth-order valence-corrected chi connectivity index (χ4v) is 5.10. The van der Waals surface area contributed by atoms with Crippen molar-refractivity contribution in [1.82, 2.24) is 9.88 Å². The summed E-state index contributed by atoms with van der Waals surface area (Å²) >= 11 is 0. The maximum Gasteiger partial charge on any atom is 0.250 e. The highest BCUT2D eigenvalue weighted by atomic mass is 32.2. The van der Waals surface area contributed by atoms with E-state index in [1.54, 1.807) is 44.4 Å². The molecule has 39 heavy (non-hydrogen) atoms. The van der Waals surface area contributed by atoms with Gasteiger partial charge in [-0.1, -0.05) is 39.8 Å². The third kappa shape index (κ3) is 7.42. The number of hydrogen-bond acceptors (Lipinski definition) is 6. The summed E-state index contributed by atoms with van der Waals surface area (Å²) in [4.78, 5) is 26.5. The zero-order chi connectivity index (χ0) is 29.1. The number of halogens is 1. The van der Waals surface area contributed by atoms with Crippen molar-refractivity contribution < 1.29 is 22.3 Å². The Kier molecular flexibility index (Phi) is 9.18. The van der Waals surface area contributed by atoms with Crippen molar-refractivity contribution in [2.24, 2.45) is 12.5 Å². The van der Waals surface area contributed by atoms with Gasteiger partial charge in [-0.05, 0) is 53.3 Å². The van der Waals surface area contributed by atoms with E-state index >= 15 is 0 Å². The predicted molar refractivity (Wildman–Crippen MR) is 153 cm³/mol. The first-order valence-electron chi connectivity index (χ1n) is 12.8. The molecular weight excluding hydrogens is 519 g/mol. The van der Waals surface area contributed by atoms with Gasteiger partial charge < -0.3 is 14.6 Å².